The van der Waals surface area contributed by atoms with Crippen molar-refractivity contribution in [3.8, 4) is 17.6 Å². The molecule has 0 unspecified atom stereocenters. The number of hydrogen-bond acceptors (Lipinski definition) is 6. The molecule has 0 aliphatic heterocycles. The van der Waals surface area contributed by atoms with Crippen LogP contribution in [-0.4, -0.2) is 43.4 Å². The number of amides is 1. The maximum atomic E-state index is 12.7. The van der Waals surface area contributed by atoms with Gasteiger partial charge in [0.15, 0.2) is 0 Å². The van der Waals surface area contributed by atoms with Crippen molar-refractivity contribution in [1.82, 2.24) is 10.2 Å². The maximum absolute atomic E-state index is 12.7. The first-order valence-electron chi connectivity index (χ1n) is 8.64. The number of aliphatic hydroxyl groups is 1. The zero-order valence-electron chi connectivity index (χ0n) is 15.0. The van der Waals surface area contributed by atoms with E-state index < -0.39 is 28.1 Å². The zero-order chi connectivity index (χ0) is 19.9. The fourth-order valence-electron chi connectivity index (χ4n) is 3.01. The van der Waals surface area contributed by atoms with E-state index in [0.29, 0.717) is 31.4 Å². The summed E-state index contributed by atoms with van der Waals surface area (Å²) in [6.07, 6.45) is 1.48. The molecule has 1 fully saturated rings. The van der Waals surface area contributed by atoms with Crippen molar-refractivity contribution in [2.24, 2.45) is 5.92 Å². The molecule has 9 heteroatoms. The van der Waals surface area contributed by atoms with Gasteiger partial charge < -0.3 is 9.84 Å². The smallest absolute Gasteiger partial charge is 0.261 e. The summed E-state index contributed by atoms with van der Waals surface area (Å²) < 4.78 is 33.0. The van der Waals surface area contributed by atoms with E-state index in [1.54, 1.807) is 6.92 Å². The SMILES string of the molecule is CC#CCOc1ccc(S(=O)(=O)N[C@@H](C(=O)NO)C2CCC(O)CC2)cc1. The van der Waals surface area contributed by atoms with Crippen LogP contribution in [0.15, 0.2) is 29.2 Å². The Kier molecular flexibility index (Phi) is 7.62. The number of nitrogens with one attached hydrogen (secondary N) is 2. The van der Waals surface area contributed by atoms with Crippen molar-refractivity contribution in [3.05, 3.63) is 24.3 Å². The fourth-order valence-corrected chi connectivity index (χ4v) is 4.27. The number of sulfonamides is 1. The van der Waals surface area contributed by atoms with Crippen LogP contribution in [0.1, 0.15) is 32.6 Å². The third-order valence-corrected chi connectivity index (χ3v) is 5.97. The Morgan fingerprint density at radius 2 is 1.89 bits per heavy atom. The zero-order valence-corrected chi connectivity index (χ0v) is 15.8. The van der Waals surface area contributed by atoms with E-state index >= 15 is 0 Å². The minimum absolute atomic E-state index is 0.0250. The molecule has 1 aliphatic rings. The first kappa shape index (κ1) is 21.2. The molecule has 148 valence electrons. The molecule has 0 bridgehead atoms. The largest absolute Gasteiger partial charge is 0.481 e. The van der Waals surface area contributed by atoms with Gasteiger partial charge in [-0.05, 0) is 62.8 Å². The van der Waals surface area contributed by atoms with E-state index in [0.717, 1.165) is 0 Å². The summed E-state index contributed by atoms with van der Waals surface area (Å²) in [4.78, 5) is 12.0. The number of hydroxylamine groups is 1. The Hall–Kier alpha value is -2.12. The maximum Gasteiger partial charge on any atom is 0.261 e. The van der Waals surface area contributed by atoms with E-state index in [9.17, 15) is 18.3 Å². The Labute approximate surface area is 158 Å². The molecule has 4 N–H and O–H groups in total. The molecule has 0 spiro atoms. The normalized spacial score (nSPS) is 20.9. The predicted molar refractivity (Wildman–Crippen MR) is 97.4 cm³/mol. The van der Waals surface area contributed by atoms with E-state index in [1.165, 1.54) is 29.7 Å². The van der Waals surface area contributed by atoms with Crippen LogP contribution in [0.5, 0.6) is 5.75 Å². The average Bonchev–Trinajstić information content (AvgIpc) is 2.67. The van der Waals surface area contributed by atoms with Crippen molar-refractivity contribution in [3.63, 3.8) is 0 Å². The van der Waals surface area contributed by atoms with E-state index in [2.05, 4.69) is 16.6 Å². The van der Waals surface area contributed by atoms with Crippen LogP contribution in [0, 0.1) is 17.8 Å². The molecule has 1 aromatic carbocycles. The molecule has 0 saturated heterocycles. The molecule has 1 amide bonds. The van der Waals surface area contributed by atoms with Crippen molar-refractivity contribution in [2.45, 2.75) is 49.6 Å². The highest BCUT2D eigenvalue weighted by molar-refractivity contribution is 7.89. The lowest BCUT2D eigenvalue weighted by molar-refractivity contribution is -0.132. The first-order valence-corrected chi connectivity index (χ1v) is 10.1. The Balaban J connectivity index is 2.12. The number of rotatable bonds is 7. The summed E-state index contributed by atoms with van der Waals surface area (Å²) in [6.45, 7) is 1.89. The summed E-state index contributed by atoms with van der Waals surface area (Å²) in [7, 11) is -3.99. The number of carbonyl (C=O) groups excluding carboxylic acids is 1. The quantitative estimate of drug-likeness (QED) is 0.307. The number of benzene rings is 1. The second kappa shape index (κ2) is 9.71. The van der Waals surface area contributed by atoms with E-state index in [-0.39, 0.29) is 17.4 Å². The summed E-state index contributed by atoms with van der Waals surface area (Å²) in [5.74, 6) is 4.77. The highest BCUT2D eigenvalue weighted by atomic mass is 32.2. The van der Waals surface area contributed by atoms with Crippen molar-refractivity contribution >= 4 is 15.9 Å². The molecule has 2 rings (SSSR count). The number of ether oxygens (including phenoxy) is 1. The second-order valence-electron chi connectivity index (χ2n) is 6.33. The Morgan fingerprint density at radius 3 is 2.44 bits per heavy atom. The molecule has 1 aromatic rings. The molecule has 1 saturated carbocycles. The minimum Gasteiger partial charge on any atom is -0.481 e. The highest BCUT2D eigenvalue weighted by Crippen LogP contribution is 2.28. The first-order chi connectivity index (χ1) is 12.9. The van der Waals surface area contributed by atoms with Gasteiger partial charge in [0.25, 0.3) is 5.91 Å². The molecule has 1 atom stereocenters. The van der Waals surface area contributed by atoms with Gasteiger partial charge in [0, 0.05) is 0 Å². The van der Waals surface area contributed by atoms with Gasteiger partial charge in [-0.15, -0.1) is 5.92 Å². The number of aliphatic hydroxyl groups excluding tert-OH is 1. The van der Waals surface area contributed by atoms with Gasteiger partial charge in [0.1, 0.15) is 18.4 Å². The number of hydrogen-bond donors (Lipinski definition) is 4. The van der Waals surface area contributed by atoms with E-state index in [4.69, 9.17) is 9.94 Å². The number of carbonyl (C=O) groups is 1. The molecule has 8 nitrogen and oxygen atoms in total. The minimum atomic E-state index is -3.99. The van der Waals surface area contributed by atoms with E-state index in [1.807, 2.05) is 0 Å². The summed E-state index contributed by atoms with van der Waals surface area (Å²) >= 11 is 0. The summed E-state index contributed by atoms with van der Waals surface area (Å²) in [6, 6.07) is 4.63. The van der Waals surface area contributed by atoms with Crippen LogP contribution in [-0.2, 0) is 14.8 Å². The van der Waals surface area contributed by atoms with Crippen molar-refractivity contribution in [1.29, 1.82) is 0 Å². The highest BCUT2D eigenvalue weighted by Gasteiger charge is 2.35. The third kappa shape index (κ3) is 5.94. The van der Waals surface area contributed by atoms with Gasteiger partial charge in [-0.2, -0.15) is 4.72 Å². The van der Waals surface area contributed by atoms with Gasteiger partial charge in [-0.3, -0.25) is 10.0 Å². The summed E-state index contributed by atoms with van der Waals surface area (Å²) in [5, 5.41) is 18.6. The van der Waals surface area contributed by atoms with Crippen LogP contribution < -0.4 is 14.9 Å². The fraction of sp³-hybridized carbons (Fsp3) is 0.500. The molecule has 0 aromatic heterocycles. The average molecular weight is 396 g/mol. The monoisotopic (exact) mass is 396 g/mol. The van der Waals surface area contributed by atoms with Crippen molar-refractivity contribution < 1.29 is 28.3 Å². The van der Waals surface area contributed by atoms with Gasteiger partial charge in [0.05, 0.1) is 11.0 Å². The molecule has 0 heterocycles. The molecular weight excluding hydrogens is 372 g/mol. The summed E-state index contributed by atoms with van der Waals surface area (Å²) in [5.41, 5.74) is 1.52. The third-order valence-electron chi connectivity index (χ3n) is 4.51. The van der Waals surface area contributed by atoms with Gasteiger partial charge in [-0.25, -0.2) is 13.9 Å². The van der Waals surface area contributed by atoms with Crippen LogP contribution in [0.3, 0.4) is 0 Å². The molecule has 1 aliphatic carbocycles. The van der Waals surface area contributed by atoms with Gasteiger partial charge in [-0.1, -0.05) is 5.92 Å². The Bertz CT molecular complexity index is 789. The van der Waals surface area contributed by atoms with Crippen molar-refractivity contribution in [2.75, 3.05) is 6.61 Å². The van der Waals surface area contributed by atoms with Crippen LogP contribution in [0.2, 0.25) is 0 Å². The molecule has 27 heavy (non-hydrogen) atoms. The lowest BCUT2D eigenvalue weighted by atomic mass is 9.82. The van der Waals surface area contributed by atoms with Crippen LogP contribution >= 0.6 is 0 Å². The second-order valence-corrected chi connectivity index (χ2v) is 8.04. The lowest BCUT2D eigenvalue weighted by Gasteiger charge is -2.31. The lowest BCUT2D eigenvalue weighted by Crippen LogP contribution is -2.51. The topological polar surface area (TPSA) is 125 Å². The standard InChI is InChI=1S/C18H24N2O6S/c1-2-3-12-26-15-8-10-16(11-9-15)27(24,25)20-17(18(22)19-23)13-4-6-14(21)7-5-13/h8-11,13-14,17,20-21,23H,4-7,12H2,1H3,(H,19,22)/t13?,14?,17-/m1/s1. The van der Waals surface area contributed by atoms with Gasteiger partial charge >= 0.3 is 0 Å². The van der Waals surface area contributed by atoms with Crippen LogP contribution in [0.4, 0.5) is 0 Å². The van der Waals surface area contributed by atoms with Crippen LogP contribution in [0.25, 0.3) is 0 Å². The molecule has 0 radical (unpaired) electrons. The molecular formula is C18H24N2O6S. The Morgan fingerprint density at radius 1 is 1.26 bits per heavy atom. The predicted octanol–water partition coefficient (Wildman–Crippen LogP) is 0.792. The van der Waals surface area contributed by atoms with Gasteiger partial charge in [0.2, 0.25) is 10.0 Å².